The van der Waals surface area contributed by atoms with Gasteiger partial charge in [-0.25, -0.2) is 0 Å². The van der Waals surface area contributed by atoms with E-state index in [-0.39, 0.29) is 6.04 Å². The van der Waals surface area contributed by atoms with Gasteiger partial charge in [0.1, 0.15) is 6.04 Å². The van der Waals surface area contributed by atoms with E-state index in [1.165, 1.54) is 0 Å². The van der Waals surface area contributed by atoms with Crippen molar-refractivity contribution in [1.82, 2.24) is 4.90 Å². The minimum absolute atomic E-state index is 0.301. The molecular formula is C12H25NO2. The van der Waals surface area contributed by atoms with Gasteiger partial charge in [-0.3, -0.25) is 9.69 Å². The monoisotopic (exact) mass is 215 g/mol. The van der Waals surface area contributed by atoms with E-state index in [0.29, 0.717) is 6.04 Å². The standard InChI is InChI=1S/C12H25NO2/c1-5-7-8-11(12(14)15)13(9-6-2)10(3)4/h10-11H,5-9H2,1-4H3,(H,14,15). The molecule has 0 aromatic rings. The number of carboxylic acids is 1. The molecular weight excluding hydrogens is 190 g/mol. The fraction of sp³-hybridized carbons (Fsp3) is 0.917. The van der Waals surface area contributed by atoms with E-state index in [1.54, 1.807) is 0 Å². The maximum Gasteiger partial charge on any atom is 0.320 e. The van der Waals surface area contributed by atoms with Gasteiger partial charge in [0, 0.05) is 6.04 Å². The quantitative estimate of drug-likeness (QED) is 0.677. The van der Waals surface area contributed by atoms with Crippen LogP contribution >= 0.6 is 0 Å². The molecule has 0 aliphatic carbocycles. The Morgan fingerprint density at radius 2 is 1.87 bits per heavy atom. The molecule has 1 atom stereocenters. The molecule has 3 nitrogen and oxygen atoms in total. The van der Waals surface area contributed by atoms with Crippen molar-refractivity contribution in [1.29, 1.82) is 0 Å². The van der Waals surface area contributed by atoms with E-state index in [0.717, 1.165) is 32.2 Å². The predicted octanol–water partition coefficient (Wildman–Crippen LogP) is 2.75. The van der Waals surface area contributed by atoms with Crippen LogP contribution in [0.3, 0.4) is 0 Å². The molecule has 0 aromatic carbocycles. The van der Waals surface area contributed by atoms with Crippen molar-refractivity contribution in [2.24, 2.45) is 0 Å². The molecule has 0 bridgehead atoms. The molecule has 90 valence electrons. The summed E-state index contributed by atoms with van der Waals surface area (Å²) in [6.45, 7) is 9.19. The van der Waals surface area contributed by atoms with E-state index in [4.69, 9.17) is 0 Å². The summed E-state index contributed by atoms with van der Waals surface area (Å²) in [5.74, 6) is -0.675. The summed E-state index contributed by atoms with van der Waals surface area (Å²) in [4.78, 5) is 13.3. The van der Waals surface area contributed by atoms with Crippen LogP contribution in [0.5, 0.6) is 0 Å². The van der Waals surface area contributed by atoms with E-state index in [2.05, 4.69) is 32.6 Å². The Labute approximate surface area is 93.5 Å². The summed E-state index contributed by atoms with van der Waals surface area (Å²) in [6.07, 6.45) is 3.82. The molecule has 0 aromatic heterocycles. The number of nitrogens with zero attached hydrogens (tertiary/aromatic N) is 1. The number of carbonyl (C=O) groups is 1. The van der Waals surface area contributed by atoms with Gasteiger partial charge in [0.15, 0.2) is 0 Å². The highest BCUT2D eigenvalue weighted by molar-refractivity contribution is 5.73. The maximum atomic E-state index is 11.2. The van der Waals surface area contributed by atoms with Crippen LogP contribution in [0.25, 0.3) is 0 Å². The van der Waals surface area contributed by atoms with Crippen LogP contribution in [-0.2, 0) is 4.79 Å². The minimum atomic E-state index is -0.675. The molecule has 0 aliphatic heterocycles. The number of aliphatic carboxylic acids is 1. The zero-order chi connectivity index (χ0) is 11.8. The second-order valence-electron chi connectivity index (χ2n) is 4.33. The van der Waals surface area contributed by atoms with E-state index in [1.807, 2.05) is 0 Å². The average Bonchev–Trinajstić information content (AvgIpc) is 2.16. The molecule has 1 N–H and O–H groups in total. The van der Waals surface area contributed by atoms with Gasteiger partial charge in [-0.1, -0.05) is 26.7 Å². The van der Waals surface area contributed by atoms with Crippen molar-refractivity contribution in [3.63, 3.8) is 0 Å². The molecule has 0 rings (SSSR count). The van der Waals surface area contributed by atoms with Crippen LogP contribution in [0, 0.1) is 0 Å². The molecule has 0 heterocycles. The lowest BCUT2D eigenvalue weighted by molar-refractivity contribution is -0.144. The first kappa shape index (κ1) is 14.4. The van der Waals surface area contributed by atoms with Crippen molar-refractivity contribution in [2.75, 3.05) is 6.54 Å². The lowest BCUT2D eigenvalue weighted by Crippen LogP contribution is -2.45. The molecule has 0 aliphatic rings. The summed E-state index contributed by atoms with van der Waals surface area (Å²) in [5, 5.41) is 9.20. The summed E-state index contributed by atoms with van der Waals surface area (Å²) in [7, 11) is 0. The number of hydrogen-bond donors (Lipinski definition) is 1. The van der Waals surface area contributed by atoms with Crippen LogP contribution in [0.4, 0.5) is 0 Å². The average molecular weight is 215 g/mol. The van der Waals surface area contributed by atoms with Gasteiger partial charge in [-0.05, 0) is 33.2 Å². The van der Waals surface area contributed by atoms with Crippen LogP contribution in [0.2, 0.25) is 0 Å². The van der Waals surface area contributed by atoms with E-state index in [9.17, 15) is 9.90 Å². The summed E-state index contributed by atoms with van der Waals surface area (Å²) in [5.41, 5.74) is 0. The summed E-state index contributed by atoms with van der Waals surface area (Å²) in [6, 6.07) is 0.00723. The van der Waals surface area contributed by atoms with Gasteiger partial charge in [0.2, 0.25) is 0 Å². The van der Waals surface area contributed by atoms with Gasteiger partial charge in [-0.15, -0.1) is 0 Å². The van der Waals surface area contributed by atoms with Crippen molar-refractivity contribution in [3.8, 4) is 0 Å². The number of rotatable bonds is 8. The Bertz CT molecular complexity index is 180. The van der Waals surface area contributed by atoms with Crippen LogP contribution in [0.15, 0.2) is 0 Å². The molecule has 3 heteroatoms. The first-order valence-electron chi connectivity index (χ1n) is 6.03. The second kappa shape index (κ2) is 7.69. The van der Waals surface area contributed by atoms with Gasteiger partial charge < -0.3 is 5.11 Å². The van der Waals surface area contributed by atoms with Gasteiger partial charge in [-0.2, -0.15) is 0 Å². The molecule has 0 saturated heterocycles. The zero-order valence-electron chi connectivity index (χ0n) is 10.5. The molecule has 15 heavy (non-hydrogen) atoms. The van der Waals surface area contributed by atoms with Crippen molar-refractivity contribution < 1.29 is 9.90 Å². The summed E-state index contributed by atoms with van der Waals surface area (Å²) < 4.78 is 0. The van der Waals surface area contributed by atoms with Crippen LogP contribution in [-0.4, -0.2) is 34.6 Å². The van der Waals surface area contributed by atoms with Crippen molar-refractivity contribution in [2.45, 2.75) is 65.5 Å². The highest BCUT2D eigenvalue weighted by atomic mass is 16.4. The minimum Gasteiger partial charge on any atom is -0.480 e. The Morgan fingerprint density at radius 1 is 1.27 bits per heavy atom. The first-order valence-corrected chi connectivity index (χ1v) is 6.03. The first-order chi connectivity index (χ1) is 7.04. The van der Waals surface area contributed by atoms with Crippen LogP contribution < -0.4 is 0 Å². The highest BCUT2D eigenvalue weighted by Gasteiger charge is 2.25. The Morgan fingerprint density at radius 3 is 2.20 bits per heavy atom. The smallest absolute Gasteiger partial charge is 0.320 e. The second-order valence-corrected chi connectivity index (χ2v) is 4.33. The third kappa shape index (κ3) is 5.17. The molecule has 0 amide bonds. The summed E-state index contributed by atoms with van der Waals surface area (Å²) >= 11 is 0. The van der Waals surface area contributed by atoms with Gasteiger partial charge in [0.25, 0.3) is 0 Å². The molecule has 0 saturated carbocycles. The largest absolute Gasteiger partial charge is 0.480 e. The third-order valence-electron chi connectivity index (χ3n) is 2.66. The normalized spacial score (nSPS) is 13.5. The van der Waals surface area contributed by atoms with Crippen molar-refractivity contribution in [3.05, 3.63) is 0 Å². The topological polar surface area (TPSA) is 40.5 Å². The van der Waals surface area contributed by atoms with Crippen LogP contribution in [0.1, 0.15) is 53.4 Å². The number of carboxylic acid groups (broad SMARTS) is 1. The number of unbranched alkanes of at least 4 members (excludes halogenated alkanes) is 1. The van der Waals surface area contributed by atoms with E-state index >= 15 is 0 Å². The highest BCUT2D eigenvalue weighted by Crippen LogP contribution is 2.13. The fourth-order valence-electron chi connectivity index (χ4n) is 1.86. The maximum absolute atomic E-state index is 11.2. The molecule has 0 fully saturated rings. The Kier molecular flexibility index (Phi) is 7.39. The zero-order valence-corrected chi connectivity index (χ0v) is 10.5. The lowest BCUT2D eigenvalue weighted by Gasteiger charge is -2.32. The molecule has 1 unspecified atom stereocenters. The van der Waals surface area contributed by atoms with Gasteiger partial charge >= 0.3 is 5.97 Å². The number of hydrogen-bond acceptors (Lipinski definition) is 2. The lowest BCUT2D eigenvalue weighted by atomic mass is 10.1. The molecule has 0 radical (unpaired) electrons. The Balaban J connectivity index is 4.44. The fourth-order valence-corrected chi connectivity index (χ4v) is 1.86. The SMILES string of the molecule is CCCCC(C(=O)O)N(CCC)C(C)C. The Hall–Kier alpha value is -0.570. The predicted molar refractivity (Wildman–Crippen MR) is 63.1 cm³/mol. The van der Waals surface area contributed by atoms with Gasteiger partial charge in [0.05, 0.1) is 0 Å². The van der Waals surface area contributed by atoms with Crippen molar-refractivity contribution >= 4 is 5.97 Å². The molecule has 0 spiro atoms. The van der Waals surface area contributed by atoms with E-state index < -0.39 is 5.97 Å². The third-order valence-corrected chi connectivity index (χ3v) is 2.66.